The predicted molar refractivity (Wildman–Crippen MR) is 87.8 cm³/mol. The van der Waals surface area contributed by atoms with E-state index in [1.807, 2.05) is 13.2 Å². The van der Waals surface area contributed by atoms with Gasteiger partial charge in [-0.15, -0.1) is 11.3 Å². The highest BCUT2D eigenvalue weighted by atomic mass is 32.1. The molecule has 4 nitrogen and oxygen atoms in total. The summed E-state index contributed by atoms with van der Waals surface area (Å²) in [7, 11) is 1.81. The summed E-state index contributed by atoms with van der Waals surface area (Å²) >= 11 is 1.72. The molecule has 1 heterocycles. The predicted octanol–water partition coefficient (Wildman–Crippen LogP) is 2.67. The minimum absolute atomic E-state index is 0.483. The molecule has 0 spiro atoms. The number of nitrogens with one attached hydrogen (secondary N) is 2. The lowest BCUT2D eigenvalue weighted by molar-refractivity contribution is 0.787. The lowest BCUT2D eigenvalue weighted by Gasteiger charge is -2.10. The molecule has 2 atom stereocenters. The van der Waals surface area contributed by atoms with Gasteiger partial charge in [-0.1, -0.05) is 30.3 Å². The van der Waals surface area contributed by atoms with Gasteiger partial charge in [-0.2, -0.15) is 0 Å². The van der Waals surface area contributed by atoms with Crippen LogP contribution in [0.1, 0.15) is 27.8 Å². The molecule has 1 aliphatic rings. The normalized spacial score (nSPS) is 21.1. The first-order valence-corrected chi connectivity index (χ1v) is 8.01. The molecule has 0 amide bonds. The van der Waals surface area contributed by atoms with E-state index in [0.717, 1.165) is 17.5 Å². The zero-order valence-electron chi connectivity index (χ0n) is 12.3. The molecule has 2 unspecified atom stereocenters. The molecule has 3 rings (SSSR count). The highest BCUT2D eigenvalue weighted by Gasteiger charge is 2.38. The first-order valence-electron chi connectivity index (χ1n) is 7.19. The maximum atomic E-state index is 4.35. The van der Waals surface area contributed by atoms with Crippen LogP contribution < -0.4 is 10.6 Å². The molecule has 0 saturated heterocycles. The van der Waals surface area contributed by atoms with Gasteiger partial charge in [0.2, 0.25) is 0 Å². The molecule has 0 bridgehead atoms. The van der Waals surface area contributed by atoms with E-state index in [2.05, 4.69) is 57.9 Å². The molecular formula is C16H20N4S. The summed E-state index contributed by atoms with van der Waals surface area (Å²) in [4.78, 5) is 9.88. The molecule has 0 radical (unpaired) electrons. The van der Waals surface area contributed by atoms with E-state index in [4.69, 9.17) is 0 Å². The summed E-state index contributed by atoms with van der Waals surface area (Å²) in [6.07, 6.45) is 3.07. The van der Waals surface area contributed by atoms with Gasteiger partial charge in [-0.05, 0) is 18.9 Å². The average molecular weight is 300 g/mol. The quantitative estimate of drug-likeness (QED) is 0.674. The Morgan fingerprint density at radius 1 is 1.38 bits per heavy atom. The molecule has 5 heteroatoms. The number of aromatic nitrogens is 1. The van der Waals surface area contributed by atoms with Crippen LogP contribution in [0.5, 0.6) is 0 Å². The Morgan fingerprint density at radius 3 is 2.86 bits per heavy atom. The lowest BCUT2D eigenvalue weighted by Crippen LogP contribution is -2.38. The van der Waals surface area contributed by atoms with Crippen LogP contribution >= 0.6 is 11.3 Å². The maximum Gasteiger partial charge on any atom is 0.191 e. The van der Waals surface area contributed by atoms with Gasteiger partial charge in [0.1, 0.15) is 5.01 Å². The van der Waals surface area contributed by atoms with E-state index >= 15 is 0 Å². The van der Waals surface area contributed by atoms with Crippen molar-refractivity contribution in [1.82, 2.24) is 15.6 Å². The summed E-state index contributed by atoms with van der Waals surface area (Å²) in [6.45, 7) is 2.80. The number of hydrogen-bond acceptors (Lipinski definition) is 3. The van der Waals surface area contributed by atoms with Crippen molar-refractivity contribution in [2.75, 3.05) is 7.05 Å². The van der Waals surface area contributed by atoms with Crippen molar-refractivity contribution in [3.05, 3.63) is 52.0 Å². The molecule has 110 valence electrons. The Morgan fingerprint density at radius 2 is 2.19 bits per heavy atom. The number of benzene rings is 1. The fraction of sp³-hybridized carbons (Fsp3) is 0.375. The van der Waals surface area contributed by atoms with Gasteiger partial charge in [0, 0.05) is 30.1 Å². The maximum absolute atomic E-state index is 4.35. The Bertz CT molecular complexity index is 620. The monoisotopic (exact) mass is 300 g/mol. The van der Waals surface area contributed by atoms with Crippen LogP contribution in [0.15, 0.2) is 41.5 Å². The molecule has 2 aromatic rings. The van der Waals surface area contributed by atoms with Gasteiger partial charge < -0.3 is 10.6 Å². The minimum atomic E-state index is 0.483. The van der Waals surface area contributed by atoms with Crippen molar-refractivity contribution < 1.29 is 0 Å². The van der Waals surface area contributed by atoms with Crippen LogP contribution in [0, 0.1) is 6.92 Å². The Kier molecular flexibility index (Phi) is 4.20. The van der Waals surface area contributed by atoms with E-state index in [0.29, 0.717) is 12.0 Å². The fourth-order valence-electron chi connectivity index (χ4n) is 2.44. The molecule has 1 aliphatic carbocycles. The van der Waals surface area contributed by atoms with Crippen LogP contribution in [0.4, 0.5) is 0 Å². The SMILES string of the molecule is CN=C(NCc1ncc(C)s1)NC1CC1c1ccccc1. The minimum Gasteiger partial charge on any atom is -0.353 e. The van der Waals surface area contributed by atoms with Crippen LogP contribution in [0.2, 0.25) is 0 Å². The van der Waals surface area contributed by atoms with Crippen LogP contribution in [-0.4, -0.2) is 24.0 Å². The van der Waals surface area contributed by atoms with E-state index in [1.165, 1.54) is 16.9 Å². The van der Waals surface area contributed by atoms with Gasteiger partial charge in [0.15, 0.2) is 5.96 Å². The van der Waals surface area contributed by atoms with Crippen LogP contribution in [-0.2, 0) is 6.54 Å². The molecule has 1 saturated carbocycles. The van der Waals surface area contributed by atoms with Gasteiger partial charge in [0.05, 0.1) is 6.54 Å². The van der Waals surface area contributed by atoms with Crippen molar-refractivity contribution in [1.29, 1.82) is 0 Å². The number of thiazole rings is 1. The topological polar surface area (TPSA) is 49.3 Å². The largest absolute Gasteiger partial charge is 0.353 e. The number of guanidine groups is 1. The van der Waals surface area contributed by atoms with E-state index in [9.17, 15) is 0 Å². The molecule has 21 heavy (non-hydrogen) atoms. The van der Waals surface area contributed by atoms with Crippen molar-refractivity contribution in [3.63, 3.8) is 0 Å². The second-order valence-corrected chi connectivity index (χ2v) is 6.61. The highest BCUT2D eigenvalue weighted by molar-refractivity contribution is 7.11. The third kappa shape index (κ3) is 3.61. The Labute approximate surface area is 129 Å². The first kappa shape index (κ1) is 14.1. The lowest BCUT2D eigenvalue weighted by atomic mass is 10.1. The summed E-state index contributed by atoms with van der Waals surface area (Å²) in [5.74, 6) is 1.46. The molecule has 1 aromatic heterocycles. The van der Waals surface area contributed by atoms with E-state index in [-0.39, 0.29) is 0 Å². The van der Waals surface area contributed by atoms with Crippen LogP contribution in [0.25, 0.3) is 0 Å². The third-order valence-electron chi connectivity index (χ3n) is 3.64. The molecule has 1 aromatic carbocycles. The van der Waals surface area contributed by atoms with Crippen molar-refractivity contribution in [2.45, 2.75) is 31.8 Å². The zero-order chi connectivity index (χ0) is 14.7. The number of hydrogen-bond donors (Lipinski definition) is 2. The van der Waals surface area contributed by atoms with Crippen LogP contribution in [0.3, 0.4) is 0 Å². The third-order valence-corrected chi connectivity index (χ3v) is 4.55. The number of aliphatic imine (C=N–C) groups is 1. The second-order valence-electron chi connectivity index (χ2n) is 5.29. The number of aryl methyl sites for hydroxylation is 1. The fourth-order valence-corrected chi connectivity index (χ4v) is 3.16. The van der Waals surface area contributed by atoms with Gasteiger partial charge >= 0.3 is 0 Å². The summed E-state index contributed by atoms with van der Waals surface area (Å²) in [6, 6.07) is 11.1. The molecule has 1 fully saturated rings. The summed E-state index contributed by atoms with van der Waals surface area (Å²) in [5.41, 5.74) is 1.40. The molecule has 0 aliphatic heterocycles. The van der Waals surface area contributed by atoms with Gasteiger partial charge in [0.25, 0.3) is 0 Å². The van der Waals surface area contributed by atoms with Crippen molar-refractivity contribution in [3.8, 4) is 0 Å². The van der Waals surface area contributed by atoms with Crippen molar-refractivity contribution >= 4 is 17.3 Å². The smallest absolute Gasteiger partial charge is 0.191 e. The van der Waals surface area contributed by atoms with Gasteiger partial charge in [-0.3, -0.25) is 4.99 Å². The molecular weight excluding hydrogens is 280 g/mol. The summed E-state index contributed by atoms with van der Waals surface area (Å²) < 4.78 is 0. The van der Waals surface area contributed by atoms with E-state index in [1.54, 1.807) is 11.3 Å². The van der Waals surface area contributed by atoms with Crippen molar-refractivity contribution in [2.24, 2.45) is 4.99 Å². The Balaban J connectivity index is 1.50. The van der Waals surface area contributed by atoms with Gasteiger partial charge in [-0.25, -0.2) is 4.98 Å². The molecule has 2 N–H and O–H groups in total. The Hall–Kier alpha value is -1.88. The number of nitrogens with zero attached hydrogens (tertiary/aromatic N) is 2. The average Bonchev–Trinajstić information content (AvgIpc) is 3.17. The number of rotatable bonds is 4. The zero-order valence-corrected chi connectivity index (χ0v) is 13.2. The standard InChI is InChI=1S/C16H20N4S/c1-11-9-18-15(21-11)10-19-16(17-2)20-14-8-13(14)12-6-4-3-5-7-12/h3-7,9,13-14H,8,10H2,1-2H3,(H2,17,19,20). The first-order chi connectivity index (χ1) is 10.3. The summed E-state index contributed by atoms with van der Waals surface area (Å²) in [5, 5.41) is 7.90. The van der Waals surface area contributed by atoms with E-state index < -0.39 is 0 Å². The second kappa shape index (κ2) is 6.26. The highest BCUT2D eigenvalue weighted by Crippen LogP contribution is 2.40.